The van der Waals surface area contributed by atoms with Crippen LogP contribution in [0.25, 0.3) is 10.9 Å². The normalized spacial score (nSPS) is 10.8. The van der Waals surface area contributed by atoms with Gasteiger partial charge in [0.05, 0.1) is 34.3 Å². The summed E-state index contributed by atoms with van der Waals surface area (Å²) in [5.41, 5.74) is 8.23. The zero-order valence-electron chi connectivity index (χ0n) is 10.7. The van der Waals surface area contributed by atoms with Gasteiger partial charge in [-0.25, -0.2) is 4.98 Å². The fraction of sp³-hybridized carbons (Fsp3) is 0. The van der Waals surface area contributed by atoms with Crippen molar-refractivity contribution < 1.29 is 0 Å². The molecule has 0 aliphatic rings. The lowest BCUT2D eigenvalue weighted by Crippen LogP contribution is -2.07. The van der Waals surface area contributed by atoms with E-state index in [0.29, 0.717) is 27.3 Å². The molecule has 1 aromatic heterocycles. The first-order valence-corrected chi connectivity index (χ1v) is 7.20. The summed E-state index contributed by atoms with van der Waals surface area (Å²) < 4.78 is 0.852. The highest BCUT2D eigenvalue weighted by molar-refractivity contribution is 9.10. The molecule has 0 spiro atoms. The largest absolute Gasteiger partial charge is 0.397 e. The molecule has 0 aliphatic heterocycles. The second-order valence-electron chi connectivity index (χ2n) is 4.44. The van der Waals surface area contributed by atoms with Gasteiger partial charge in [-0.05, 0) is 46.3 Å². The van der Waals surface area contributed by atoms with Gasteiger partial charge in [-0.1, -0.05) is 11.6 Å². The van der Waals surface area contributed by atoms with Gasteiger partial charge in [0.1, 0.15) is 0 Å². The molecule has 0 amide bonds. The Morgan fingerprint density at radius 1 is 1.24 bits per heavy atom. The molecule has 0 radical (unpaired) electrons. The molecule has 0 saturated heterocycles. The van der Waals surface area contributed by atoms with Crippen molar-refractivity contribution in [3.05, 3.63) is 56.5 Å². The SMILES string of the molecule is Nc1cc2c(=O)[nH]cnc2cc1Nc1cc(Cl)ccc1Br. The summed E-state index contributed by atoms with van der Waals surface area (Å²) >= 11 is 9.43. The first-order chi connectivity index (χ1) is 10.0. The maximum absolute atomic E-state index is 11.7. The van der Waals surface area contributed by atoms with E-state index in [4.69, 9.17) is 17.3 Å². The lowest BCUT2D eigenvalue weighted by atomic mass is 10.2. The number of benzene rings is 2. The van der Waals surface area contributed by atoms with Crippen LogP contribution < -0.4 is 16.6 Å². The van der Waals surface area contributed by atoms with Crippen LogP contribution in [0.15, 0.2) is 45.9 Å². The number of nitrogen functional groups attached to an aromatic ring is 1. The Morgan fingerprint density at radius 3 is 2.86 bits per heavy atom. The third kappa shape index (κ3) is 2.72. The van der Waals surface area contributed by atoms with Crippen molar-refractivity contribution in [3.63, 3.8) is 0 Å². The highest BCUT2D eigenvalue weighted by atomic mass is 79.9. The Kier molecular flexibility index (Phi) is 3.57. The Hall–Kier alpha value is -2.05. The minimum atomic E-state index is -0.220. The van der Waals surface area contributed by atoms with E-state index >= 15 is 0 Å². The molecule has 0 atom stereocenters. The molecule has 0 fully saturated rings. The second-order valence-corrected chi connectivity index (χ2v) is 5.73. The molecule has 106 valence electrons. The number of aromatic nitrogens is 2. The van der Waals surface area contributed by atoms with Crippen molar-refractivity contribution in [2.45, 2.75) is 0 Å². The molecular weight excluding hydrogens is 356 g/mol. The molecule has 0 unspecified atom stereocenters. The van der Waals surface area contributed by atoms with E-state index in [1.165, 1.54) is 6.33 Å². The van der Waals surface area contributed by atoms with Crippen LogP contribution in [-0.2, 0) is 0 Å². The Balaban J connectivity index is 2.10. The first-order valence-electron chi connectivity index (χ1n) is 6.03. The number of hydrogen-bond donors (Lipinski definition) is 3. The van der Waals surface area contributed by atoms with Gasteiger partial charge in [-0.15, -0.1) is 0 Å². The highest BCUT2D eigenvalue weighted by Gasteiger charge is 2.08. The number of halogens is 2. The van der Waals surface area contributed by atoms with Gasteiger partial charge >= 0.3 is 0 Å². The van der Waals surface area contributed by atoms with Crippen molar-refractivity contribution in [2.75, 3.05) is 11.1 Å². The van der Waals surface area contributed by atoms with Crippen molar-refractivity contribution in [1.29, 1.82) is 0 Å². The zero-order valence-corrected chi connectivity index (χ0v) is 13.0. The van der Waals surface area contributed by atoms with Crippen LogP contribution >= 0.6 is 27.5 Å². The number of rotatable bonds is 2. The second kappa shape index (κ2) is 5.38. The Labute approximate surface area is 133 Å². The minimum absolute atomic E-state index is 0.220. The summed E-state index contributed by atoms with van der Waals surface area (Å²) in [6.45, 7) is 0. The highest BCUT2D eigenvalue weighted by Crippen LogP contribution is 2.32. The summed E-state index contributed by atoms with van der Waals surface area (Å²) in [5, 5.41) is 4.24. The molecule has 21 heavy (non-hydrogen) atoms. The molecule has 0 saturated carbocycles. The summed E-state index contributed by atoms with van der Waals surface area (Å²) in [6.07, 6.45) is 1.36. The quantitative estimate of drug-likeness (QED) is 0.605. The Bertz CT molecular complexity index is 894. The number of H-pyrrole nitrogens is 1. The van der Waals surface area contributed by atoms with Crippen LogP contribution in [0.2, 0.25) is 5.02 Å². The summed E-state index contributed by atoms with van der Waals surface area (Å²) in [6, 6.07) is 8.72. The number of anilines is 3. The summed E-state index contributed by atoms with van der Waals surface area (Å²) in [7, 11) is 0. The topological polar surface area (TPSA) is 83.8 Å². The standard InChI is InChI=1S/C14H10BrClN4O/c15-9-2-1-7(16)3-12(9)20-13-5-11-8(4-10(13)17)14(21)19-6-18-11/h1-6,20H,17H2,(H,18,19,21). The van der Waals surface area contributed by atoms with E-state index in [0.717, 1.165) is 10.2 Å². The predicted molar refractivity (Wildman–Crippen MR) is 89.2 cm³/mol. The van der Waals surface area contributed by atoms with Crippen molar-refractivity contribution in [1.82, 2.24) is 9.97 Å². The van der Waals surface area contributed by atoms with Gasteiger partial charge in [0, 0.05) is 9.50 Å². The van der Waals surface area contributed by atoms with Gasteiger partial charge in [0.15, 0.2) is 0 Å². The Morgan fingerprint density at radius 2 is 2.05 bits per heavy atom. The van der Waals surface area contributed by atoms with E-state index in [1.807, 2.05) is 6.07 Å². The maximum atomic E-state index is 11.7. The van der Waals surface area contributed by atoms with E-state index in [-0.39, 0.29) is 5.56 Å². The molecule has 2 aromatic carbocycles. The van der Waals surface area contributed by atoms with Crippen LogP contribution in [0.5, 0.6) is 0 Å². The average Bonchev–Trinajstić information content (AvgIpc) is 2.45. The number of hydrogen-bond acceptors (Lipinski definition) is 4. The van der Waals surface area contributed by atoms with Gasteiger partial charge in [0.2, 0.25) is 0 Å². The monoisotopic (exact) mass is 364 g/mol. The first kappa shape index (κ1) is 13.9. The summed E-state index contributed by atoms with van der Waals surface area (Å²) in [5.74, 6) is 0. The molecule has 0 bridgehead atoms. The van der Waals surface area contributed by atoms with Crippen molar-refractivity contribution in [3.8, 4) is 0 Å². The lowest BCUT2D eigenvalue weighted by molar-refractivity contribution is 1.17. The number of nitrogens with two attached hydrogens (primary N) is 1. The summed E-state index contributed by atoms with van der Waals surface area (Å²) in [4.78, 5) is 18.4. The van der Waals surface area contributed by atoms with Gasteiger partial charge in [-0.2, -0.15) is 0 Å². The predicted octanol–water partition coefficient (Wildman–Crippen LogP) is 3.66. The number of nitrogens with one attached hydrogen (secondary N) is 2. The fourth-order valence-electron chi connectivity index (χ4n) is 1.98. The van der Waals surface area contributed by atoms with Crippen molar-refractivity contribution in [2.24, 2.45) is 0 Å². The molecule has 3 aromatic rings. The van der Waals surface area contributed by atoms with Gasteiger partial charge in [-0.3, -0.25) is 4.79 Å². The van der Waals surface area contributed by atoms with E-state index in [1.54, 1.807) is 24.3 Å². The fourth-order valence-corrected chi connectivity index (χ4v) is 2.50. The van der Waals surface area contributed by atoms with Crippen LogP contribution in [0.1, 0.15) is 0 Å². The van der Waals surface area contributed by atoms with Crippen molar-refractivity contribution >= 4 is 55.5 Å². The third-order valence-corrected chi connectivity index (χ3v) is 3.94. The minimum Gasteiger partial charge on any atom is -0.397 e. The third-order valence-electron chi connectivity index (χ3n) is 3.01. The van der Waals surface area contributed by atoms with Crippen LogP contribution in [0, 0.1) is 0 Å². The average molecular weight is 366 g/mol. The van der Waals surface area contributed by atoms with Gasteiger partial charge < -0.3 is 16.0 Å². The molecule has 1 heterocycles. The molecule has 3 rings (SSSR count). The van der Waals surface area contributed by atoms with Crippen LogP contribution in [0.3, 0.4) is 0 Å². The molecule has 5 nitrogen and oxygen atoms in total. The van der Waals surface area contributed by atoms with Gasteiger partial charge in [0.25, 0.3) is 5.56 Å². The van der Waals surface area contributed by atoms with E-state index in [9.17, 15) is 4.79 Å². The lowest BCUT2D eigenvalue weighted by Gasteiger charge is -2.12. The zero-order chi connectivity index (χ0) is 15.0. The number of fused-ring (bicyclic) bond motifs is 1. The van der Waals surface area contributed by atoms with Crippen LogP contribution in [-0.4, -0.2) is 9.97 Å². The number of aromatic amines is 1. The molecule has 7 heteroatoms. The van der Waals surface area contributed by atoms with E-state index < -0.39 is 0 Å². The maximum Gasteiger partial charge on any atom is 0.258 e. The molecular formula is C14H10BrClN4O. The van der Waals surface area contributed by atoms with E-state index in [2.05, 4.69) is 31.2 Å². The molecule has 4 N–H and O–H groups in total. The molecule has 0 aliphatic carbocycles. The smallest absolute Gasteiger partial charge is 0.258 e. The van der Waals surface area contributed by atoms with Crippen LogP contribution in [0.4, 0.5) is 17.1 Å². The number of nitrogens with zero attached hydrogens (tertiary/aromatic N) is 1.